The highest BCUT2D eigenvalue weighted by molar-refractivity contribution is 5.20. The SMILES string of the molecule is C[C@@H]1CC[C@@]2(OC1)O[C@@H]1C[C@@H]3[C@@H]4CC[C@]5(O)C[C@H](O)[C@@H](O)[C@@H](O)[C@]5(C)[C@H]4CC[C@]3(C)[C@@H]1[C@@H]2C. The van der Waals surface area contributed by atoms with Gasteiger partial charge in [-0.2, -0.15) is 0 Å². The van der Waals surface area contributed by atoms with Gasteiger partial charge in [0.2, 0.25) is 0 Å². The zero-order valence-electron chi connectivity index (χ0n) is 20.7. The molecule has 0 amide bonds. The Labute approximate surface area is 198 Å². The third kappa shape index (κ3) is 2.77. The Morgan fingerprint density at radius 2 is 1.67 bits per heavy atom. The molecular weight excluding hydrogens is 420 g/mol. The molecule has 4 aliphatic carbocycles. The van der Waals surface area contributed by atoms with Gasteiger partial charge in [0.15, 0.2) is 5.79 Å². The molecule has 2 aliphatic heterocycles. The lowest BCUT2D eigenvalue weighted by molar-refractivity contribution is -0.290. The first-order valence-electron chi connectivity index (χ1n) is 13.6. The molecule has 2 saturated heterocycles. The largest absolute Gasteiger partial charge is 0.390 e. The maximum Gasteiger partial charge on any atom is 0.171 e. The number of aliphatic hydroxyl groups excluding tert-OH is 3. The van der Waals surface area contributed by atoms with Crippen molar-refractivity contribution < 1.29 is 29.9 Å². The molecular formula is C27H44O6. The maximum absolute atomic E-state index is 11.7. The average molecular weight is 465 g/mol. The second-order valence-corrected chi connectivity index (χ2v) is 13.5. The highest BCUT2D eigenvalue weighted by Gasteiger charge is 2.72. The summed E-state index contributed by atoms with van der Waals surface area (Å²) in [5.41, 5.74) is -1.76. The van der Waals surface area contributed by atoms with Crippen molar-refractivity contribution in [2.45, 2.75) is 115 Å². The van der Waals surface area contributed by atoms with Crippen LogP contribution in [0.3, 0.4) is 0 Å². The Balaban J connectivity index is 1.30. The summed E-state index contributed by atoms with van der Waals surface area (Å²) in [4.78, 5) is 0. The fourth-order valence-electron chi connectivity index (χ4n) is 10.3. The quantitative estimate of drug-likeness (QED) is 0.440. The number of aliphatic hydroxyl groups is 4. The molecule has 0 bridgehead atoms. The fraction of sp³-hybridized carbons (Fsp3) is 1.00. The van der Waals surface area contributed by atoms with E-state index in [1.54, 1.807) is 0 Å². The molecule has 0 unspecified atom stereocenters. The van der Waals surface area contributed by atoms with Crippen molar-refractivity contribution in [2.24, 2.45) is 46.3 Å². The monoisotopic (exact) mass is 464 g/mol. The second-order valence-electron chi connectivity index (χ2n) is 13.5. The topological polar surface area (TPSA) is 99.4 Å². The van der Waals surface area contributed by atoms with E-state index >= 15 is 0 Å². The van der Waals surface area contributed by atoms with E-state index in [0.717, 1.165) is 45.1 Å². The van der Waals surface area contributed by atoms with Crippen molar-refractivity contribution in [3.8, 4) is 0 Å². The summed E-state index contributed by atoms with van der Waals surface area (Å²) in [5, 5.41) is 43.8. The van der Waals surface area contributed by atoms with Crippen LogP contribution in [0.4, 0.5) is 0 Å². The van der Waals surface area contributed by atoms with Crippen LogP contribution in [-0.2, 0) is 9.47 Å². The van der Waals surface area contributed by atoms with Crippen LogP contribution in [0.2, 0.25) is 0 Å². The number of hydrogen-bond acceptors (Lipinski definition) is 6. The maximum atomic E-state index is 11.7. The van der Waals surface area contributed by atoms with Crippen LogP contribution >= 0.6 is 0 Å². The smallest absolute Gasteiger partial charge is 0.171 e. The summed E-state index contributed by atoms with van der Waals surface area (Å²) in [7, 11) is 0. The summed E-state index contributed by atoms with van der Waals surface area (Å²) in [5.74, 6) is 2.07. The molecule has 0 radical (unpaired) electrons. The Kier molecular flexibility index (Phi) is 5.03. The van der Waals surface area contributed by atoms with Gasteiger partial charge in [0.25, 0.3) is 0 Å². The first-order valence-corrected chi connectivity index (χ1v) is 13.6. The first-order chi connectivity index (χ1) is 15.5. The molecule has 33 heavy (non-hydrogen) atoms. The lowest BCUT2D eigenvalue weighted by Crippen LogP contribution is -2.71. The van der Waals surface area contributed by atoms with Gasteiger partial charge in [-0.3, -0.25) is 0 Å². The predicted octanol–water partition coefficient (Wildman–Crippen LogP) is 2.85. The Morgan fingerprint density at radius 1 is 0.909 bits per heavy atom. The molecule has 188 valence electrons. The Bertz CT molecular complexity index is 795. The molecule has 6 aliphatic rings. The van der Waals surface area contributed by atoms with Crippen molar-refractivity contribution >= 4 is 0 Å². The molecule has 6 nitrogen and oxygen atoms in total. The van der Waals surface area contributed by atoms with Crippen LogP contribution in [0.15, 0.2) is 0 Å². The van der Waals surface area contributed by atoms with Gasteiger partial charge in [-0.05, 0) is 73.5 Å². The van der Waals surface area contributed by atoms with Crippen LogP contribution in [0, 0.1) is 46.3 Å². The molecule has 2 heterocycles. The minimum absolute atomic E-state index is 0.140. The van der Waals surface area contributed by atoms with Gasteiger partial charge in [0.05, 0.1) is 30.5 Å². The van der Waals surface area contributed by atoms with E-state index in [9.17, 15) is 20.4 Å². The van der Waals surface area contributed by atoms with Gasteiger partial charge in [-0.25, -0.2) is 0 Å². The van der Waals surface area contributed by atoms with Gasteiger partial charge in [0.1, 0.15) is 6.10 Å². The van der Waals surface area contributed by atoms with Crippen molar-refractivity contribution in [2.75, 3.05) is 6.61 Å². The van der Waals surface area contributed by atoms with Gasteiger partial charge >= 0.3 is 0 Å². The van der Waals surface area contributed by atoms with E-state index in [-0.39, 0.29) is 23.9 Å². The summed E-state index contributed by atoms with van der Waals surface area (Å²) in [6.45, 7) is 9.85. The molecule has 4 N–H and O–H groups in total. The normalized spacial score (nSPS) is 64.7. The zero-order chi connectivity index (χ0) is 23.6. The minimum atomic E-state index is -1.20. The summed E-state index contributed by atoms with van der Waals surface area (Å²) in [6, 6.07) is 0. The number of hydrogen-bond donors (Lipinski definition) is 4. The summed E-state index contributed by atoms with van der Waals surface area (Å²) >= 11 is 0. The highest BCUT2D eigenvalue weighted by Crippen LogP contribution is 2.71. The third-order valence-electron chi connectivity index (χ3n) is 12.2. The van der Waals surface area contributed by atoms with Gasteiger partial charge in [0, 0.05) is 24.2 Å². The first kappa shape index (κ1) is 23.2. The van der Waals surface area contributed by atoms with Crippen molar-refractivity contribution in [3.63, 3.8) is 0 Å². The highest BCUT2D eigenvalue weighted by atomic mass is 16.7. The van der Waals surface area contributed by atoms with E-state index < -0.39 is 35.1 Å². The Hall–Kier alpha value is -0.240. The predicted molar refractivity (Wildman–Crippen MR) is 122 cm³/mol. The zero-order valence-corrected chi connectivity index (χ0v) is 20.7. The van der Waals surface area contributed by atoms with Gasteiger partial charge < -0.3 is 29.9 Å². The molecule has 0 aromatic rings. The molecule has 14 atom stereocenters. The van der Waals surface area contributed by atoms with Crippen molar-refractivity contribution in [1.29, 1.82) is 0 Å². The standard InChI is InChI=1S/C27H44O6/c1-14-5-10-27(32-13-14)15(2)21-20(33-27)11-18-16-6-9-26(31)12-19(28)22(29)23(30)25(26,4)17(16)7-8-24(18,21)3/h14-23,28-31H,5-13H2,1-4H3/t14-,15+,16-,17+,18-,19+,20-,21-,22-,23-,24+,25+,26+,27-/m1/s1. The summed E-state index contributed by atoms with van der Waals surface area (Å²) < 4.78 is 13.2. The summed E-state index contributed by atoms with van der Waals surface area (Å²) in [6.07, 6.45) is 3.67. The second kappa shape index (κ2) is 7.17. The lowest BCUT2D eigenvalue weighted by Gasteiger charge is -2.66. The third-order valence-corrected chi connectivity index (χ3v) is 12.2. The number of fused-ring (bicyclic) bond motifs is 7. The van der Waals surface area contributed by atoms with Crippen LogP contribution in [0.1, 0.15) is 79.1 Å². The average Bonchev–Trinajstić information content (AvgIpc) is 3.21. The molecule has 6 heteroatoms. The minimum Gasteiger partial charge on any atom is -0.390 e. The van der Waals surface area contributed by atoms with E-state index in [4.69, 9.17) is 9.47 Å². The van der Waals surface area contributed by atoms with E-state index in [0.29, 0.717) is 36.0 Å². The van der Waals surface area contributed by atoms with Crippen molar-refractivity contribution in [1.82, 2.24) is 0 Å². The fourth-order valence-corrected chi connectivity index (χ4v) is 10.3. The molecule has 6 rings (SSSR count). The van der Waals surface area contributed by atoms with E-state index in [1.807, 2.05) is 6.92 Å². The number of ether oxygens (including phenoxy) is 2. The molecule has 0 aromatic heterocycles. The van der Waals surface area contributed by atoms with E-state index in [1.165, 1.54) is 0 Å². The molecule has 0 aromatic carbocycles. The van der Waals surface area contributed by atoms with Crippen LogP contribution in [0.25, 0.3) is 0 Å². The van der Waals surface area contributed by atoms with Crippen LogP contribution in [-0.4, -0.2) is 62.8 Å². The van der Waals surface area contributed by atoms with Gasteiger partial charge in [-0.1, -0.05) is 27.7 Å². The number of rotatable bonds is 0. The van der Waals surface area contributed by atoms with E-state index in [2.05, 4.69) is 20.8 Å². The molecule has 1 spiro atoms. The van der Waals surface area contributed by atoms with Gasteiger partial charge in [-0.15, -0.1) is 0 Å². The van der Waals surface area contributed by atoms with Crippen LogP contribution < -0.4 is 0 Å². The van der Waals surface area contributed by atoms with Crippen molar-refractivity contribution in [3.05, 3.63) is 0 Å². The van der Waals surface area contributed by atoms with Crippen LogP contribution in [0.5, 0.6) is 0 Å². The lowest BCUT2D eigenvalue weighted by atomic mass is 9.42. The molecule has 6 fully saturated rings. The molecule has 4 saturated carbocycles. The Morgan fingerprint density at radius 3 is 2.36 bits per heavy atom.